The Morgan fingerprint density at radius 2 is 0.543 bits per heavy atom. The van der Waals surface area contributed by atoms with E-state index in [1.807, 2.05) is 0 Å². The first-order valence-electron chi connectivity index (χ1n) is 42.9. The lowest BCUT2D eigenvalue weighted by Crippen LogP contribution is -2.25. The van der Waals surface area contributed by atoms with Gasteiger partial charge in [0.2, 0.25) is 0 Å². The molecule has 0 fully saturated rings. The maximum atomic E-state index is 13.6. The maximum Gasteiger partial charge on any atom is 0.265 e. The molecule has 720 valence electrons. The van der Waals surface area contributed by atoms with Crippen LogP contribution in [0.5, 0.6) is 97.7 Å². The number of hydrogen-bond donors (Lipinski definition) is 6. The molecule has 37 heteroatoms. The number of aromatic nitrogens is 8. The second-order valence-electron chi connectivity index (χ2n) is 32.0. The Morgan fingerprint density at radius 1 is 0.300 bits per heavy atom. The summed E-state index contributed by atoms with van der Waals surface area (Å²) in [6.07, 6.45) is 6.95. The minimum absolute atomic E-state index is 0.0100. The highest BCUT2D eigenvalue weighted by molar-refractivity contribution is 6.30. The average molecular weight is 1930 g/mol. The van der Waals surface area contributed by atoms with Crippen molar-refractivity contribution in [3.8, 4) is 97.7 Å². The van der Waals surface area contributed by atoms with Crippen LogP contribution in [0.4, 0.5) is 4.39 Å². The molecule has 15 rings (SSSR count). The van der Waals surface area contributed by atoms with Gasteiger partial charge in [-0.05, 0) is 156 Å². The molecule has 8 aromatic carbocycles. The normalized spacial score (nSPS) is 10.8. The molecule has 0 aliphatic heterocycles. The highest BCUT2D eigenvalue weighted by Gasteiger charge is 2.29. The van der Waals surface area contributed by atoms with Gasteiger partial charge in [0.05, 0.1) is 52.1 Å². The molecule has 0 unspecified atom stereocenters. The van der Waals surface area contributed by atoms with Crippen molar-refractivity contribution < 1.29 is 111 Å². The zero-order valence-corrected chi connectivity index (χ0v) is 78.0. The van der Waals surface area contributed by atoms with E-state index in [2.05, 4.69) is 15.0 Å². The summed E-state index contributed by atoms with van der Waals surface area (Å²) in [5.74, 6) is -1.32. The average Bonchev–Trinajstić information content (AvgIpc) is 0.780. The summed E-state index contributed by atoms with van der Waals surface area (Å²) >= 11 is 5.65. The summed E-state index contributed by atoms with van der Waals surface area (Å²) < 4.78 is 53.5. The molecule has 0 bridgehead atoms. The van der Waals surface area contributed by atoms with E-state index in [0.29, 0.717) is 107 Å². The number of aryl methyl sites for hydroxylation is 5. The summed E-state index contributed by atoms with van der Waals surface area (Å²) in [7, 11) is 9.05. The number of Topliss-reactive ketones (excluding diaryl/α,β-unsaturated/α-hetero) is 10. The number of nitrogens with zero attached hydrogens (tertiary/aromatic N) is 8. The van der Waals surface area contributed by atoms with Gasteiger partial charge in [0.1, 0.15) is 161 Å². The van der Waals surface area contributed by atoms with Crippen LogP contribution in [0.25, 0.3) is 54.5 Å². The number of carbonyl (C=O) groups is 10. The number of fused-ring (bicyclic) bond motifs is 5. The number of halogens is 2. The van der Waals surface area contributed by atoms with Gasteiger partial charge >= 0.3 is 0 Å². The largest absolute Gasteiger partial charge is 0.508 e. The van der Waals surface area contributed by atoms with Gasteiger partial charge in [-0.1, -0.05) is 17.7 Å². The Hall–Kier alpha value is -17.4. The van der Waals surface area contributed by atoms with Gasteiger partial charge in [0, 0.05) is 181 Å². The third-order valence-corrected chi connectivity index (χ3v) is 22.1. The third-order valence-electron chi connectivity index (χ3n) is 21.8. The topological polar surface area (TPSA) is 496 Å². The summed E-state index contributed by atoms with van der Waals surface area (Å²) in [6, 6.07) is 44.2. The first-order chi connectivity index (χ1) is 66.5. The number of ketones is 10. The highest BCUT2D eigenvalue weighted by Crippen LogP contribution is 2.39. The van der Waals surface area contributed by atoms with E-state index in [4.69, 9.17) is 40.0 Å². The molecule has 7 aromatic heterocycles. The molecule has 15 aromatic rings. The van der Waals surface area contributed by atoms with Gasteiger partial charge in [0.25, 0.3) is 27.8 Å². The molecule has 140 heavy (non-hydrogen) atoms. The van der Waals surface area contributed by atoms with Crippen molar-refractivity contribution in [3.63, 3.8) is 0 Å². The lowest BCUT2D eigenvalue weighted by molar-refractivity contribution is -0.117. The monoisotopic (exact) mass is 1930 g/mol. The fraction of sp³-hybridized carbons (Fsp3) is 0.204. The van der Waals surface area contributed by atoms with E-state index in [1.165, 1.54) is 154 Å². The van der Waals surface area contributed by atoms with Crippen LogP contribution in [-0.4, -0.2) is 133 Å². The minimum Gasteiger partial charge on any atom is -0.508 e. The van der Waals surface area contributed by atoms with E-state index in [9.17, 15) is 107 Å². The molecule has 0 radical (unpaired) electrons. The Kier molecular flexibility index (Phi) is 33.7. The van der Waals surface area contributed by atoms with Gasteiger partial charge in [-0.2, -0.15) is 0 Å². The van der Waals surface area contributed by atoms with Crippen LogP contribution < -0.4 is 56.2 Å². The molecular formula is C103H92ClFN8O27. The van der Waals surface area contributed by atoms with Crippen molar-refractivity contribution in [2.45, 2.75) is 98.8 Å². The zero-order valence-electron chi connectivity index (χ0n) is 77.2. The summed E-state index contributed by atoms with van der Waals surface area (Å²) in [5.41, 5.74) is -2.84. The second-order valence-corrected chi connectivity index (χ2v) is 32.4. The number of carbonyl (C=O) groups excluding carboxylic acids is 10. The third kappa shape index (κ3) is 24.8. The predicted octanol–water partition coefficient (Wildman–Crippen LogP) is 16.6. The van der Waals surface area contributed by atoms with Gasteiger partial charge in [0.15, 0.2) is 34.7 Å². The van der Waals surface area contributed by atoms with Crippen LogP contribution in [0.2, 0.25) is 5.02 Å². The molecule has 7 heterocycles. The van der Waals surface area contributed by atoms with Crippen molar-refractivity contribution >= 4 is 124 Å². The number of aromatic hydroxyl groups is 6. The number of phenols is 1. The Balaban J connectivity index is 0.000000167. The molecule has 0 saturated heterocycles. The van der Waals surface area contributed by atoms with Crippen molar-refractivity contribution in [2.75, 3.05) is 7.11 Å². The zero-order chi connectivity index (χ0) is 102. The molecule has 6 N–H and O–H groups in total. The van der Waals surface area contributed by atoms with E-state index in [-0.39, 0.29) is 154 Å². The number of benzene rings is 8. The molecule has 35 nitrogen and oxygen atoms in total. The number of hydrogen-bond acceptors (Lipinski definition) is 30. The number of pyridine rings is 6. The van der Waals surface area contributed by atoms with Crippen LogP contribution in [0.3, 0.4) is 0 Å². The molecule has 0 aliphatic rings. The lowest BCUT2D eigenvalue weighted by Gasteiger charge is -2.13. The van der Waals surface area contributed by atoms with E-state index in [1.54, 1.807) is 141 Å². The van der Waals surface area contributed by atoms with Crippen LogP contribution >= 0.6 is 11.6 Å². The van der Waals surface area contributed by atoms with E-state index < -0.39 is 79.8 Å². The first-order valence-corrected chi connectivity index (χ1v) is 43.3. The van der Waals surface area contributed by atoms with Gasteiger partial charge in [-0.3, -0.25) is 52.9 Å². The van der Waals surface area contributed by atoms with E-state index in [0.717, 1.165) is 6.07 Å². The maximum absolute atomic E-state index is 13.6. The summed E-state index contributed by atoms with van der Waals surface area (Å²) in [4.78, 5) is 192. The van der Waals surface area contributed by atoms with Crippen LogP contribution in [-0.2, 0) is 59.2 Å². The van der Waals surface area contributed by atoms with Gasteiger partial charge < -0.3 is 106 Å². The van der Waals surface area contributed by atoms with Crippen molar-refractivity contribution in [1.29, 1.82) is 0 Å². The molecule has 0 spiro atoms. The first kappa shape index (κ1) is 103. The van der Waals surface area contributed by atoms with E-state index >= 15 is 0 Å². The van der Waals surface area contributed by atoms with Crippen molar-refractivity contribution in [1.82, 2.24) is 37.8 Å². The van der Waals surface area contributed by atoms with Crippen LogP contribution in [0.15, 0.2) is 225 Å². The summed E-state index contributed by atoms with van der Waals surface area (Å²) in [6.45, 7) is 6.82. The fourth-order valence-electron chi connectivity index (χ4n) is 14.3. The number of rotatable bonds is 31. The molecule has 0 atom stereocenters. The molecule has 0 amide bonds. The number of ether oxygens (including phenoxy) is 6. The fourth-order valence-corrected chi connectivity index (χ4v) is 14.4. The molecular weight excluding hydrogens is 1840 g/mol. The van der Waals surface area contributed by atoms with Crippen molar-refractivity contribution in [2.24, 2.45) is 35.2 Å². The number of phenolic OH excluding ortho intramolecular Hbond substituents is 1. The quantitative estimate of drug-likeness (QED) is 0.0220. The minimum atomic E-state index is -0.682. The van der Waals surface area contributed by atoms with Gasteiger partial charge in [-0.25, -0.2) is 14.4 Å². The molecule has 0 saturated carbocycles. The van der Waals surface area contributed by atoms with Gasteiger partial charge in [-0.15, -0.1) is 0 Å². The van der Waals surface area contributed by atoms with Crippen LogP contribution in [0.1, 0.15) is 151 Å². The lowest BCUT2D eigenvalue weighted by atomic mass is 10.0. The Labute approximate surface area is 799 Å². The smallest absolute Gasteiger partial charge is 0.265 e. The SMILES string of the molecule is CC(=O)CCC(=O)c1c(O)c2ccc(Oc3ccc(Cl)c(F)c3)cc2n(C)c1=O.CC(=O)CCC(=O)c1c(O)c2ccc(Oc3cccc(O)c3)cc2n(C)c1=O.CC(=O)CCC(=O)c1c(O)c2ccc(Oc3ccncc3)cc2n(C)c1=O.CC(=O)CCC(=O)c1c(O)c2ccc(Oc3cncnc3)cc2n(C)c1=O.COc1ccc(Oc2ccc3c(O)c(C(=O)CCC(C)=O)c(=O)n(C)c3c2)cc1. The molecule has 0 aliphatic carbocycles. The summed E-state index contributed by atoms with van der Waals surface area (Å²) in [5, 5.41) is 63.7. The predicted molar refractivity (Wildman–Crippen MR) is 515 cm³/mol. The Bertz CT molecular complexity index is 7610. The number of methoxy groups -OCH3 is 1. The van der Waals surface area contributed by atoms with Crippen molar-refractivity contribution in [3.05, 3.63) is 291 Å². The second kappa shape index (κ2) is 45.7. The highest BCUT2D eigenvalue weighted by atomic mass is 35.5. The standard InChI is InChI=1S/C22H21NO6.C21H17ClFNO5.C21H19NO6.C20H18N2O5.C19H17N3O5/c1-13(24)4-11-19(25)20-21(26)17-10-9-16(12-18(17)23(2)22(20)27)29-15-7-5-14(28-3)6-8-15;1-11(25)3-8-18(26)19-20(27)14-6-4-13(10-17(14)24(2)21(19)28)29-12-5-7-15(22)16(23)9-12;1-12(23)6-9-18(25)19-20(26)16-8-7-15(11-17(16)22(2)21(19)27)28-14-5-3-4-13(24)10-14;1-12(23)3-6-17(24)18-19(25)15-5-4-14(11-16(15)22(2)20(18)26)27-13-7-9-21-10-8-13;1-11(23)3-6-16(24)17-18(25)14-5-4-12(7-15(14)22(2)19(17)26)27-13-8-20-10-21-9-13/h5-10,12,26H,4,11H2,1-3H3;4-7,9-10,27H,3,8H2,1-2H3;3-5,7-8,10-11,24,26H,6,9H2,1-2H3;4-5,7-11,25H,3,6H2,1-2H3;4-5,7-10,25H,3,6H2,1-2H3. The Morgan fingerprint density at radius 3 is 0.814 bits per heavy atom. The van der Waals surface area contributed by atoms with Crippen LogP contribution in [0, 0.1) is 5.82 Å².